The van der Waals surface area contributed by atoms with Gasteiger partial charge in [0.15, 0.2) is 0 Å². The smallest absolute Gasteiger partial charge is 0.0911 e. The first kappa shape index (κ1) is 9.30. The molecule has 1 heterocycles. The fourth-order valence-electron chi connectivity index (χ4n) is 1.47. The van der Waals surface area contributed by atoms with E-state index in [1.165, 1.54) is 11.3 Å². The van der Waals surface area contributed by atoms with Crippen molar-refractivity contribution >= 4 is 6.34 Å². The maximum atomic E-state index is 4.43. The van der Waals surface area contributed by atoms with E-state index < -0.39 is 0 Å². The van der Waals surface area contributed by atoms with E-state index in [2.05, 4.69) is 30.7 Å². The molecule has 0 aromatic rings. The predicted molar refractivity (Wildman–Crippen MR) is 53.3 cm³/mol. The Labute approximate surface area is 75.0 Å². The zero-order valence-corrected chi connectivity index (χ0v) is 8.30. The molecule has 2 nitrogen and oxygen atoms in total. The molecular formula is C10H18N2. The maximum absolute atomic E-state index is 4.43. The second-order valence-corrected chi connectivity index (χ2v) is 3.07. The van der Waals surface area contributed by atoms with Gasteiger partial charge in [0.1, 0.15) is 0 Å². The van der Waals surface area contributed by atoms with Gasteiger partial charge in [-0.15, -0.1) is 0 Å². The lowest BCUT2D eigenvalue weighted by atomic mass is 10.1. The highest BCUT2D eigenvalue weighted by Crippen LogP contribution is 2.17. The van der Waals surface area contributed by atoms with E-state index in [0.29, 0.717) is 0 Å². The van der Waals surface area contributed by atoms with Gasteiger partial charge in [-0.1, -0.05) is 13.8 Å². The Balaban J connectivity index is 2.71. The van der Waals surface area contributed by atoms with Crippen LogP contribution in [0.2, 0.25) is 0 Å². The van der Waals surface area contributed by atoms with Gasteiger partial charge in [0.25, 0.3) is 0 Å². The van der Waals surface area contributed by atoms with E-state index in [4.69, 9.17) is 0 Å². The molecule has 1 rings (SSSR count). The Hall–Kier alpha value is -0.790. The molecule has 0 unspecified atom stereocenters. The van der Waals surface area contributed by atoms with Crippen molar-refractivity contribution in [2.75, 3.05) is 13.1 Å². The van der Waals surface area contributed by atoms with Gasteiger partial charge in [-0.25, -0.2) is 4.99 Å². The molecule has 0 aliphatic carbocycles. The van der Waals surface area contributed by atoms with E-state index in [1.807, 2.05) is 6.34 Å². The summed E-state index contributed by atoms with van der Waals surface area (Å²) in [5.74, 6) is 0. The van der Waals surface area contributed by atoms with Crippen LogP contribution in [-0.4, -0.2) is 24.3 Å². The van der Waals surface area contributed by atoms with Crippen molar-refractivity contribution in [1.29, 1.82) is 0 Å². The molecule has 0 atom stereocenters. The van der Waals surface area contributed by atoms with Crippen molar-refractivity contribution in [3.63, 3.8) is 0 Å². The molecule has 0 amide bonds. The third-order valence-corrected chi connectivity index (χ3v) is 2.35. The van der Waals surface area contributed by atoms with Crippen molar-refractivity contribution < 1.29 is 0 Å². The van der Waals surface area contributed by atoms with Crippen molar-refractivity contribution in [3.8, 4) is 0 Å². The Kier molecular flexibility index (Phi) is 3.32. The summed E-state index contributed by atoms with van der Waals surface area (Å²) < 4.78 is 0. The normalized spacial score (nSPS) is 17.4. The van der Waals surface area contributed by atoms with Gasteiger partial charge < -0.3 is 4.90 Å². The van der Waals surface area contributed by atoms with Crippen molar-refractivity contribution in [1.82, 2.24) is 4.90 Å². The first-order chi connectivity index (χ1) is 5.81. The highest BCUT2D eigenvalue weighted by Gasteiger charge is 2.10. The van der Waals surface area contributed by atoms with Crippen LogP contribution in [0.15, 0.2) is 16.3 Å². The largest absolute Gasteiger partial charge is 0.359 e. The zero-order chi connectivity index (χ0) is 8.97. The average molecular weight is 166 g/mol. The van der Waals surface area contributed by atoms with Crippen LogP contribution in [0.3, 0.4) is 0 Å². The van der Waals surface area contributed by atoms with E-state index in [0.717, 1.165) is 25.9 Å². The number of aliphatic imine (C=N–C) groups is 1. The lowest BCUT2D eigenvalue weighted by Gasteiger charge is -2.24. The van der Waals surface area contributed by atoms with Crippen molar-refractivity contribution in [3.05, 3.63) is 11.3 Å². The average Bonchev–Trinajstić information content (AvgIpc) is 2.16. The summed E-state index contributed by atoms with van der Waals surface area (Å²) in [5.41, 5.74) is 2.80. The molecule has 12 heavy (non-hydrogen) atoms. The topological polar surface area (TPSA) is 15.6 Å². The molecule has 1 aliphatic heterocycles. The summed E-state index contributed by atoms with van der Waals surface area (Å²) in [6, 6.07) is 0. The molecule has 0 saturated heterocycles. The second-order valence-electron chi connectivity index (χ2n) is 3.07. The highest BCUT2D eigenvalue weighted by molar-refractivity contribution is 5.59. The van der Waals surface area contributed by atoms with Gasteiger partial charge in [0.2, 0.25) is 0 Å². The van der Waals surface area contributed by atoms with Gasteiger partial charge >= 0.3 is 0 Å². The summed E-state index contributed by atoms with van der Waals surface area (Å²) in [7, 11) is 0. The zero-order valence-electron chi connectivity index (χ0n) is 8.30. The molecule has 1 aliphatic rings. The Bertz CT molecular complexity index is 204. The lowest BCUT2D eigenvalue weighted by molar-refractivity contribution is 0.473. The standard InChI is InChI=1S/C10H18N2/c1-4-9-7-12(6-3)8-11-10(9)5-2/h8H,4-7H2,1-3H3. The molecule has 0 aromatic heterocycles. The van der Waals surface area contributed by atoms with Crippen LogP contribution in [0.5, 0.6) is 0 Å². The Morgan fingerprint density at radius 1 is 1.33 bits per heavy atom. The van der Waals surface area contributed by atoms with Crippen LogP contribution in [0.4, 0.5) is 0 Å². The van der Waals surface area contributed by atoms with E-state index in [-0.39, 0.29) is 0 Å². The summed E-state index contributed by atoms with van der Waals surface area (Å²) in [5, 5.41) is 0. The van der Waals surface area contributed by atoms with Crippen LogP contribution in [0, 0.1) is 0 Å². The van der Waals surface area contributed by atoms with Gasteiger partial charge in [0.05, 0.1) is 6.34 Å². The monoisotopic (exact) mass is 166 g/mol. The Morgan fingerprint density at radius 2 is 2.08 bits per heavy atom. The van der Waals surface area contributed by atoms with Gasteiger partial charge in [-0.3, -0.25) is 0 Å². The van der Waals surface area contributed by atoms with Crippen molar-refractivity contribution in [2.24, 2.45) is 4.99 Å². The molecule has 0 fully saturated rings. The summed E-state index contributed by atoms with van der Waals surface area (Å²) >= 11 is 0. The van der Waals surface area contributed by atoms with Crippen LogP contribution >= 0.6 is 0 Å². The number of likely N-dealkylation sites (N-methyl/N-ethyl adjacent to an activating group) is 1. The molecule has 0 aromatic carbocycles. The fraction of sp³-hybridized carbons (Fsp3) is 0.700. The number of hydrogen-bond acceptors (Lipinski definition) is 2. The third kappa shape index (κ3) is 1.87. The minimum absolute atomic E-state index is 1.06. The molecule has 0 spiro atoms. The summed E-state index contributed by atoms with van der Waals surface area (Å²) in [6.07, 6.45) is 4.17. The minimum Gasteiger partial charge on any atom is -0.359 e. The first-order valence-corrected chi connectivity index (χ1v) is 4.80. The van der Waals surface area contributed by atoms with Crippen LogP contribution < -0.4 is 0 Å². The minimum atomic E-state index is 1.06. The lowest BCUT2D eigenvalue weighted by Crippen LogP contribution is -2.27. The van der Waals surface area contributed by atoms with E-state index in [1.54, 1.807) is 0 Å². The summed E-state index contributed by atoms with van der Waals surface area (Å²) in [6.45, 7) is 8.68. The first-order valence-electron chi connectivity index (χ1n) is 4.80. The quantitative estimate of drug-likeness (QED) is 0.628. The molecule has 0 N–H and O–H groups in total. The number of nitrogens with zero attached hydrogens (tertiary/aromatic N) is 2. The molecule has 68 valence electrons. The maximum Gasteiger partial charge on any atom is 0.0911 e. The fourth-order valence-corrected chi connectivity index (χ4v) is 1.47. The van der Waals surface area contributed by atoms with Crippen LogP contribution in [0.1, 0.15) is 33.6 Å². The second kappa shape index (κ2) is 4.29. The predicted octanol–water partition coefficient (Wildman–Crippen LogP) is 2.42. The molecule has 0 saturated carbocycles. The molecule has 2 heteroatoms. The van der Waals surface area contributed by atoms with Gasteiger partial charge in [-0.05, 0) is 25.3 Å². The molecule has 0 radical (unpaired) electrons. The van der Waals surface area contributed by atoms with Crippen LogP contribution in [-0.2, 0) is 0 Å². The third-order valence-electron chi connectivity index (χ3n) is 2.35. The number of rotatable bonds is 3. The molecule has 0 bridgehead atoms. The molecular weight excluding hydrogens is 148 g/mol. The van der Waals surface area contributed by atoms with E-state index >= 15 is 0 Å². The number of allylic oxidation sites excluding steroid dienone is 1. The number of hydrogen-bond donors (Lipinski definition) is 0. The van der Waals surface area contributed by atoms with Gasteiger partial charge in [-0.2, -0.15) is 0 Å². The van der Waals surface area contributed by atoms with E-state index in [9.17, 15) is 0 Å². The van der Waals surface area contributed by atoms with Crippen molar-refractivity contribution in [2.45, 2.75) is 33.6 Å². The Morgan fingerprint density at radius 3 is 2.58 bits per heavy atom. The van der Waals surface area contributed by atoms with Gasteiger partial charge in [0, 0.05) is 18.8 Å². The summed E-state index contributed by atoms with van der Waals surface area (Å²) in [4.78, 5) is 6.68. The highest BCUT2D eigenvalue weighted by atomic mass is 15.2. The SMILES string of the molecule is CCC1=C(CC)N=CN(CC)C1. The van der Waals surface area contributed by atoms with Crippen LogP contribution in [0.25, 0.3) is 0 Å².